The van der Waals surface area contributed by atoms with E-state index >= 15 is 0 Å². The Morgan fingerprint density at radius 2 is 1.58 bits per heavy atom. The highest BCUT2D eigenvalue weighted by Crippen LogP contribution is 2.44. The van der Waals surface area contributed by atoms with E-state index in [1.807, 2.05) is 24.3 Å². The van der Waals surface area contributed by atoms with E-state index < -0.39 is 18.7 Å². The number of benzene rings is 2. The molecule has 0 radical (unpaired) electrons. The minimum Gasteiger partial charge on any atom is -0.479 e. The number of nitrogens with one attached hydrogen (secondary N) is 2. The zero-order valence-electron chi connectivity index (χ0n) is 16.9. The lowest BCUT2D eigenvalue weighted by molar-refractivity contribution is -0.149. The van der Waals surface area contributed by atoms with Crippen LogP contribution in [0.2, 0.25) is 0 Å². The number of carboxylic acid groups (broad SMARTS) is 1. The van der Waals surface area contributed by atoms with E-state index in [9.17, 15) is 14.4 Å². The fourth-order valence-corrected chi connectivity index (χ4v) is 4.31. The van der Waals surface area contributed by atoms with Crippen LogP contribution in [0.4, 0.5) is 4.79 Å². The van der Waals surface area contributed by atoms with Crippen molar-refractivity contribution in [1.29, 1.82) is 0 Å². The Hall–Kier alpha value is -3.39. The van der Waals surface area contributed by atoms with Gasteiger partial charge in [-0.05, 0) is 41.0 Å². The van der Waals surface area contributed by atoms with Gasteiger partial charge in [-0.15, -0.1) is 0 Å². The third-order valence-corrected chi connectivity index (χ3v) is 5.76. The first-order chi connectivity index (χ1) is 15.0. The van der Waals surface area contributed by atoms with Crippen LogP contribution >= 0.6 is 0 Å². The number of hydrogen-bond donors (Lipinski definition) is 3. The molecule has 0 atom stereocenters. The topological polar surface area (TPSA) is 114 Å². The number of carbonyl (C=O) groups is 3. The first kappa shape index (κ1) is 20.9. The summed E-state index contributed by atoms with van der Waals surface area (Å²) in [7, 11) is 0. The predicted molar refractivity (Wildman–Crippen MR) is 111 cm³/mol. The number of aliphatic carboxylic acids is 1. The SMILES string of the molecule is O=C(O)CONC(=O)CC1CC(NC(=O)OCC2c3ccccc3-c3ccccc32)C1. The molecule has 8 heteroatoms. The Morgan fingerprint density at radius 3 is 2.19 bits per heavy atom. The Kier molecular flexibility index (Phi) is 6.18. The van der Waals surface area contributed by atoms with Crippen LogP contribution in [0.3, 0.4) is 0 Å². The van der Waals surface area contributed by atoms with Gasteiger partial charge in [-0.1, -0.05) is 48.5 Å². The average Bonchev–Trinajstić information content (AvgIpc) is 3.04. The fraction of sp³-hybridized carbons (Fsp3) is 0.348. The van der Waals surface area contributed by atoms with Gasteiger partial charge in [0.1, 0.15) is 6.61 Å². The molecule has 0 heterocycles. The van der Waals surface area contributed by atoms with Gasteiger partial charge in [0.15, 0.2) is 6.61 Å². The minimum atomic E-state index is -1.16. The largest absolute Gasteiger partial charge is 0.479 e. The number of alkyl carbamates (subject to hydrolysis) is 1. The molecule has 162 valence electrons. The van der Waals surface area contributed by atoms with Crippen molar-refractivity contribution >= 4 is 18.0 Å². The van der Waals surface area contributed by atoms with Crippen molar-refractivity contribution < 1.29 is 29.1 Å². The van der Waals surface area contributed by atoms with Crippen molar-refractivity contribution in [2.45, 2.75) is 31.2 Å². The quantitative estimate of drug-likeness (QED) is 0.562. The van der Waals surface area contributed by atoms with Crippen molar-refractivity contribution in [1.82, 2.24) is 10.8 Å². The molecule has 2 amide bonds. The maximum Gasteiger partial charge on any atom is 0.407 e. The fourth-order valence-electron chi connectivity index (χ4n) is 4.31. The van der Waals surface area contributed by atoms with Crippen molar-refractivity contribution in [2.75, 3.05) is 13.2 Å². The summed E-state index contributed by atoms with van der Waals surface area (Å²) in [6, 6.07) is 16.3. The van der Waals surface area contributed by atoms with Crippen LogP contribution in [0.15, 0.2) is 48.5 Å². The van der Waals surface area contributed by atoms with E-state index in [4.69, 9.17) is 9.84 Å². The second-order valence-corrected chi connectivity index (χ2v) is 7.92. The van der Waals surface area contributed by atoms with Crippen molar-refractivity contribution in [3.8, 4) is 11.1 Å². The standard InChI is InChI=1S/C23H24N2O6/c26-21(25-31-13-22(27)28)11-14-9-15(10-14)24-23(29)30-12-20-18-7-3-1-5-16(18)17-6-2-4-8-19(17)20/h1-8,14-15,20H,9-13H2,(H,24,29)(H,25,26)(H,27,28). The molecule has 8 nitrogen and oxygen atoms in total. The van der Waals surface area contributed by atoms with Crippen LogP contribution in [-0.4, -0.2) is 42.3 Å². The highest BCUT2D eigenvalue weighted by molar-refractivity contribution is 5.79. The summed E-state index contributed by atoms with van der Waals surface area (Å²) >= 11 is 0. The van der Waals surface area contributed by atoms with E-state index in [0.29, 0.717) is 12.8 Å². The molecule has 2 aliphatic rings. The molecule has 0 aromatic heterocycles. The summed E-state index contributed by atoms with van der Waals surface area (Å²) in [6.07, 6.45) is 1.09. The molecule has 2 aromatic rings. The van der Waals surface area contributed by atoms with Crippen molar-refractivity contribution in [2.24, 2.45) is 5.92 Å². The summed E-state index contributed by atoms with van der Waals surface area (Å²) in [5, 5.41) is 11.3. The number of amides is 2. The monoisotopic (exact) mass is 424 g/mol. The third-order valence-electron chi connectivity index (χ3n) is 5.76. The van der Waals surface area contributed by atoms with Gasteiger partial charge < -0.3 is 15.2 Å². The van der Waals surface area contributed by atoms with E-state index in [1.54, 1.807) is 0 Å². The van der Waals surface area contributed by atoms with Gasteiger partial charge in [0.05, 0.1) is 0 Å². The van der Waals surface area contributed by atoms with Crippen LogP contribution in [-0.2, 0) is 19.2 Å². The van der Waals surface area contributed by atoms with Crippen LogP contribution in [0.1, 0.15) is 36.3 Å². The van der Waals surface area contributed by atoms with Gasteiger partial charge in [0.25, 0.3) is 0 Å². The summed E-state index contributed by atoms with van der Waals surface area (Å²) in [5.41, 5.74) is 6.79. The van der Waals surface area contributed by atoms with Gasteiger partial charge in [0, 0.05) is 18.4 Å². The first-order valence-corrected chi connectivity index (χ1v) is 10.2. The normalized spacial score (nSPS) is 19.0. The van der Waals surface area contributed by atoms with Crippen molar-refractivity contribution in [3.05, 3.63) is 59.7 Å². The smallest absolute Gasteiger partial charge is 0.407 e. The molecule has 1 fully saturated rings. The lowest BCUT2D eigenvalue weighted by Gasteiger charge is -2.35. The van der Waals surface area contributed by atoms with Gasteiger partial charge in [0.2, 0.25) is 5.91 Å². The van der Waals surface area contributed by atoms with Crippen LogP contribution < -0.4 is 10.8 Å². The lowest BCUT2D eigenvalue weighted by Crippen LogP contribution is -2.46. The molecule has 2 aromatic carbocycles. The molecule has 4 rings (SSSR count). The second-order valence-electron chi connectivity index (χ2n) is 7.92. The second kappa shape index (κ2) is 9.18. The van der Waals surface area contributed by atoms with Crippen LogP contribution in [0, 0.1) is 5.92 Å². The minimum absolute atomic E-state index is 0.0155. The van der Waals surface area contributed by atoms with Crippen molar-refractivity contribution in [3.63, 3.8) is 0 Å². The van der Waals surface area contributed by atoms with Gasteiger partial charge in [-0.2, -0.15) is 0 Å². The molecule has 0 spiro atoms. The van der Waals surface area contributed by atoms with Gasteiger partial charge in [-0.25, -0.2) is 15.1 Å². The predicted octanol–water partition coefficient (Wildman–Crippen LogP) is 2.83. The molecule has 0 unspecified atom stereocenters. The van der Waals surface area contributed by atoms with E-state index in [1.165, 1.54) is 11.1 Å². The zero-order chi connectivity index (χ0) is 21.8. The molecule has 0 saturated heterocycles. The maximum absolute atomic E-state index is 12.3. The van der Waals surface area contributed by atoms with E-state index in [-0.39, 0.29) is 36.8 Å². The van der Waals surface area contributed by atoms with Gasteiger partial charge in [-0.3, -0.25) is 9.63 Å². The number of carbonyl (C=O) groups excluding carboxylic acids is 2. The Bertz CT molecular complexity index is 940. The highest BCUT2D eigenvalue weighted by Gasteiger charge is 2.33. The molecule has 31 heavy (non-hydrogen) atoms. The highest BCUT2D eigenvalue weighted by atomic mass is 16.7. The third kappa shape index (κ3) is 4.86. The zero-order valence-corrected chi connectivity index (χ0v) is 16.9. The number of hydrogen-bond acceptors (Lipinski definition) is 5. The molecular formula is C23H24N2O6. The Morgan fingerprint density at radius 1 is 0.968 bits per heavy atom. The average molecular weight is 424 g/mol. The summed E-state index contributed by atoms with van der Waals surface area (Å²) in [5.74, 6) is -1.39. The molecule has 2 aliphatic carbocycles. The molecule has 3 N–H and O–H groups in total. The summed E-state index contributed by atoms with van der Waals surface area (Å²) in [6.45, 7) is -0.318. The van der Waals surface area contributed by atoms with Gasteiger partial charge >= 0.3 is 12.1 Å². The molecule has 1 saturated carbocycles. The molecule has 0 bridgehead atoms. The van der Waals surface area contributed by atoms with Crippen LogP contribution in [0.25, 0.3) is 11.1 Å². The summed E-state index contributed by atoms with van der Waals surface area (Å²) in [4.78, 5) is 38.8. The number of fused-ring (bicyclic) bond motifs is 3. The van der Waals surface area contributed by atoms with E-state index in [2.05, 4.69) is 39.9 Å². The first-order valence-electron chi connectivity index (χ1n) is 10.2. The Labute approximate surface area is 179 Å². The maximum atomic E-state index is 12.3. The Balaban J connectivity index is 1.21. The van der Waals surface area contributed by atoms with Crippen LogP contribution in [0.5, 0.6) is 0 Å². The number of carboxylic acids is 1. The number of hydroxylamine groups is 1. The molecular weight excluding hydrogens is 400 g/mol. The molecule has 0 aliphatic heterocycles. The lowest BCUT2D eigenvalue weighted by atomic mass is 9.78. The number of rotatable bonds is 8. The summed E-state index contributed by atoms with van der Waals surface area (Å²) < 4.78 is 5.53. The van der Waals surface area contributed by atoms with E-state index in [0.717, 1.165) is 11.1 Å². The number of ether oxygens (including phenoxy) is 1.